The number of hydrogen-bond donors (Lipinski definition) is 2. The number of hydrogen-bond acceptors (Lipinski definition) is 4. The number of carbonyl (C=O) groups excluding carboxylic acids is 2. The Labute approximate surface area is 137 Å². The van der Waals surface area contributed by atoms with Crippen LogP contribution in [0.5, 0.6) is 0 Å². The molecule has 2 N–H and O–H groups in total. The molecule has 1 amide bonds. The number of likely N-dealkylation sites (tertiary alicyclic amines) is 1. The average Bonchev–Trinajstić information content (AvgIpc) is 3.09. The molecule has 1 aromatic rings. The van der Waals surface area contributed by atoms with E-state index in [1.807, 2.05) is 0 Å². The first kappa shape index (κ1) is 17.5. The second-order valence-corrected chi connectivity index (χ2v) is 6.57. The third-order valence-corrected chi connectivity index (χ3v) is 4.65. The number of esters is 1. The number of ether oxygens (including phenoxy) is 1. The van der Waals surface area contributed by atoms with Crippen molar-refractivity contribution in [3.63, 3.8) is 0 Å². The highest BCUT2D eigenvalue weighted by molar-refractivity contribution is 6.00. The first-order valence-electron chi connectivity index (χ1n) is 8.14. The third kappa shape index (κ3) is 3.75. The minimum Gasteiger partial charge on any atom is -0.465 e. The molecule has 1 fully saturated rings. The lowest BCUT2D eigenvalue weighted by molar-refractivity contribution is 0.0599. The van der Waals surface area contributed by atoms with Crippen molar-refractivity contribution in [3.8, 4) is 0 Å². The average molecular weight is 321 g/mol. The maximum atomic E-state index is 12.4. The molecule has 2 heterocycles. The molecular formula is C17H27N3O3. The number of aryl methyl sites for hydroxylation is 1. The fourth-order valence-electron chi connectivity index (χ4n) is 3.21. The predicted octanol–water partition coefficient (Wildman–Crippen LogP) is 1.88. The molecule has 1 aromatic heterocycles. The minimum absolute atomic E-state index is 0.163. The molecule has 6 nitrogen and oxygen atoms in total. The molecule has 6 heteroatoms. The highest BCUT2D eigenvalue weighted by atomic mass is 16.5. The van der Waals surface area contributed by atoms with Gasteiger partial charge in [0.05, 0.1) is 12.7 Å². The Morgan fingerprint density at radius 1 is 1.39 bits per heavy atom. The second-order valence-electron chi connectivity index (χ2n) is 6.57. The summed E-state index contributed by atoms with van der Waals surface area (Å²) in [6.45, 7) is 10.7. The summed E-state index contributed by atoms with van der Waals surface area (Å²) in [5.41, 5.74) is 2.19. The topological polar surface area (TPSA) is 74.4 Å². The van der Waals surface area contributed by atoms with Gasteiger partial charge >= 0.3 is 5.97 Å². The van der Waals surface area contributed by atoms with Gasteiger partial charge in [0.2, 0.25) is 0 Å². The zero-order valence-corrected chi connectivity index (χ0v) is 14.7. The lowest BCUT2D eigenvalue weighted by Crippen LogP contribution is -2.33. The molecule has 1 saturated heterocycles. The van der Waals surface area contributed by atoms with Crippen molar-refractivity contribution in [2.75, 3.05) is 26.7 Å². The molecule has 0 aliphatic carbocycles. The van der Waals surface area contributed by atoms with E-state index in [0.29, 0.717) is 41.0 Å². The largest absolute Gasteiger partial charge is 0.465 e. The highest BCUT2D eigenvalue weighted by Gasteiger charge is 2.26. The lowest BCUT2D eigenvalue weighted by atomic mass is 10.1. The van der Waals surface area contributed by atoms with Crippen molar-refractivity contribution in [2.45, 2.75) is 40.2 Å². The molecule has 1 atom stereocenters. The zero-order valence-electron chi connectivity index (χ0n) is 14.7. The van der Waals surface area contributed by atoms with Crippen LogP contribution >= 0.6 is 0 Å². The Hall–Kier alpha value is -1.82. The Morgan fingerprint density at radius 2 is 2.09 bits per heavy atom. The van der Waals surface area contributed by atoms with Crippen molar-refractivity contribution in [2.24, 2.45) is 5.92 Å². The first-order valence-corrected chi connectivity index (χ1v) is 8.14. The van der Waals surface area contributed by atoms with E-state index in [9.17, 15) is 9.59 Å². The van der Waals surface area contributed by atoms with E-state index in [4.69, 9.17) is 4.74 Å². The Balaban J connectivity index is 1.98. The molecule has 0 aromatic carbocycles. The summed E-state index contributed by atoms with van der Waals surface area (Å²) in [6, 6.07) is 0.548. The number of amides is 1. The lowest BCUT2D eigenvalue weighted by Gasteiger charge is -2.20. The molecular weight excluding hydrogens is 294 g/mol. The number of carbonyl (C=O) groups is 2. The third-order valence-electron chi connectivity index (χ3n) is 4.65. The van der Waals surface area contributed by atoms with Crippen LogP contribution in [-0.2, 0) is 4.74 Å². The van der Waals surface area contributed by atoms with Crippen LogP contribution in [0.4, 0.5) is 0 Å². The number of aromatic amines is 1. The molecule has 0 unspecified atom stereocenters. The summed E-state index contributed by atoms with van der Waals surface area (Å²) in [4.78, 5) is 29.6. The normalized spacial score (nSPS) is 18.4. The van der Waals surface area contributed by atoms with Crippen LogP contribution in [0.3, 0.4) is 0 Å². The number of methoxy groups -OCH3 is 1. The monoisotopic (exact) mass is 321 g/mol. The molecule has 0 saturated carbocycles. The summed E-state index contributed by atoms with van der Waals surface area (Å²) < 4.78 is 4.77. The van der Waals surface area contributed by atoms with E-state index in [0.717, 1.165) is 19.5 Å². The van der Waals surface area contributed by atoms with Gasteiger partial charge in [-0.2, -0.15) is 0 Å². The predicted molar refractivity (Wildman–Crippen MR) is 88.8 cm³/mol. The van der Waals surface area contributed by atoms with Crippen LogP contribution in [0.15, 0.2) is 0 Å². The maximum absolute atomic E-state index is 12.4. The smallest absolute Gasteiger partial charge is 0.339 e. The van der Waals surface area contributed by atoms with Gasteiger partial charge in [-0.15, -0.1) is 0 Å². The van der Waals surface area contributed by atoms with E-state index >= 15 is 0 Å². The summed E-state index contributed by atoms with van der Waals surface area (Å²) in [6.07, 6.45) is 1.11. The van der Waals surface area contributed by atoms with Gasteiger partial charge in [-0.3, -0.25) is 4.79 Å². The van der Waals surface area contributed by atoms with Gasteiger partial charge in [0.25, 0.3) is 5.91 Å². The zero-order chi connectivity index (χ0) is 17.1. The fraction of sp³-hybridized carbons (Fsp3) is 0.647. The van der Waals surface area contributed by atoms with Crippen molar-refractivity contribution >= 4 is 11.9 Å². The number of nitrogens with one attached hydrogen (secondary N) is 2. The quantitative estimate of drug-likeness (QED) is 0.812. The van der Waals surface area contributed by atoms with Gasteiger partial charge in [-0.05, 0) is 52.1 Å². The Bertz CT molecular complexity index is 592. The molecule has 2 rings (SSSR count). The van der Waals surface area contributed by atoms with E-state index in [2.05, 4.69) is 29.0 Å². The number of aromatic nitrogens is 1. The molecule has 23 heavy (non-hydrogen) atoms. The van der Waals surface area contributed by atoms with Crippen LogP contribution < -0.4 is 5.32 Å². The van der Waals surface area contributed by atoms with E-state index < -0.39 is 5.97 Å². The first-order chi connectivity index (χ1) is 10.8. The fourth-order valence-corrected chi connectivity index (χ4v) is 3.21. The van der Waals surface area contributed by atoms with Crippen molar-refractivity contribution in [1.82, 2.24) is 15.2 Å². The van der Waals surface area contributed by atoms with Crippen molar-refractivity contribution in [3.05, 3.63) is 22.5 Å². The molecule has 1 aliphatic rings. The minimum atomic E-state index is -0.418. The van der Waals surface area contributed by atoms with E-state index in [-0.39, 0.29) is 5.91 Å². The molecule has 1 aliphatic heterocycles. The van der Waals surface area contributed by atoms with Gasteiger partial charge in [-0.1, -0.05) is 0 Å². The summed E-state index contributed by atoms with van der Waals surface area (Å²) in [5.74, 6) is -0.0970. The van der Waals surface area contributed by atoms with Gasteiger partial charge in [0, 0.05) is 24.8 Å². The maximum Gasteiger partial charge on any atom is 0.339 e. The number of rotatable bonds is 5. The summed E-state index contributed by atoms with van der Waals surface area (Å²) in [7, 11) is 1.34. The molecule has 0 bridgehead atoms. The molecule has 128 valence electrons. The Morgan fingerprint density at radius 3 is 2.65 bits per heavy atom. The van der Waals surface area contributed by atoms with Crippen LogP contribution in [0.25, 0.3) is 0 Å². The van der Waals surface area contributed by atoms with Crippen LogP contribution in [0.2, 0.25) is 0 Å². The van der Waals surface area contributed by atoms with E-state index in [1.54, 1.807) is 13.8 Å². The van der Waals surface area contributed by atoms with Gasteiger partial charge in [0.1, 0.15) is 5.69 Å². The Kier molecular flexibility index (Phi) is 5.46. The van der Waals surface area contributed by atoms with Gasteiger partial charge < -0.3 is 19.9 Å². The van der Waals surface area contributed by atoms with Gasteiger partial charge in [0.15, 0.2) is 0 Å². The van der Waals surface area contributed by atoms with Gasteiger partial charge in [-0.25, -0.2) is 4.79 Å². The van der Waals surface area contributed by atoms with Crippen LogP contribution in [-0.4, -0.2) is 54.5 Å². The number of nitrogens with zero attached hydrogens (tertiary/aromatic N) is 1. The summed E-state index contributed by atoms with van der Waals surface area (Å²) in [5, 5.41) is 2.99. The number of H-pyrrole nitrogens is 1. The molecule has 0 radical (unpaired) electrons. The summed E-state index contributed by atoms with van der Waals surface area (Å²) >= 11 is 0. The highest BCUT2D eigenvalue weighted by Crippen LogP contribution is 2.20. The SMILES string of the molecule is COC(=O)c1c(C)[nH]c(C(=O)NC[C@@H]2CCN(C(C)C)C2)c1C. The van der Waals surface area contributed by atoms with Crippen molar-refractivity contribution in [1.29, 1.82) is 0 Å². The van der Waals surface area contributed by atoms with Crippen molar-refractivity contribution < 1.29 is 14.3 Å². The standard InChI is InChI=1S/C17H27N3O3/c1-10(2)20-7-6-13(9-20)8-18-16(21)15-11(3)14(12(4)19-15)17(22)23-5/h10,13,19H,6-9H2,1-5H3,(H,18,21)/t13-/m0/s1. The van der Waals surface area contributed by atoms with E-state index in [1.165, 1.54) is 7.11 Å². The van der Waals surface area contributed by atoms with Crippen LogP contribution in [0, 0.1) is 19.8 Å². The second kappa shape index (κ2) is 7.17. The molecule has 0 spiro atoms. The van der Waals surface area contributed by atoms with Crippen LogP contribution in [0.1, 0.15) is 52.4 Å².